The highest BCUT2D eigenvalue weighted by atomic mass is 19.1. The van der Waals surface area contributed by atoms with Crippen molar-refractivity contribution in [1.82, 2.24) is 19.9 Å². The lowest BCUT2D eigenvalue weighted by atomic mass is 10.2. The molecule has 2 aromatic heterocycles. The van der Waals surface area contributed by atoms with E-state index in [-0.39, 0.29) is 6.54 Å². The minimum atomic E-state index is -0.560. The number of hydrogen-bond donors (Lipinski definition) is 1. The molecule has 0 spiro atoms. The number of aryl methyl sites for hydroxylation is 1. The number of carbonyl (C=O) groups is 1. The number of fused-ring (bicyclic) bond motifs is 1. The number of pyridine rings is 1. The zero-order valence-electron chi connectivity index (χ0n) is 14.2. The number of nitrogens with one attached hydrogen (secondary N) is 1. The van der Waals surface area contributed by atoms with Crippen molar-refractivity contribution in [2.75, 3.05) is 19.1 Å². The van der Waals surface area contributed by atoms with E-state index in [2.05, 4.69) is 20.0 Å². The van der Waals surface area contributed by atoms with Gasteiger partial charge in [0.2, 0.25) is 0 Å². The van der Waals surface area contributed by atoms with Crippen LogP contribution in [0.5, 0.6) is 0 Å². The summed E-state index contributed by atoms with van der Waals surface area (Å²) in [6.07, 6.45) is 2.81. The number of nitrogens with zero attached hydrogens (tertiary/aromatic N) is 4. The van der Waals surface area contributed by atoms with Crippen LogP contribution in [0.2, 0.25) is 0 Å². The van der Waals surface area contributed by atoms with Gasteiger partial charge in [0.05, 0.1) is 30.8 Å². The van der Waals surface area contributed by atoms with E-state index in [9.17, 15) is 9.18 Å². The molecule has 0 aliphatic rings. The van der Waals surface area contributed by atoms with Gasteiger partial charge in [-0.1, -0.05) is 6.07 Å². The lowest BCUT2D eigenvalue weighted by molar-refractivity contribution is 0.170. The molecule has 3 aromatic rings. The number of imidazole rings is 1. The molecular weight excluding hydrogens is 325 g/mol. The van der Waals surface area contributed by atoms with Crippen LogP contribution in [0.25, 0.3) is 11.0 Å². The molecule has 1 amide bonds. The van der Waals surface area contributed by atoms with Crippen LogP contribution in [0, 0.1) is 5.82 Å². The average molecular weight is 343 g/mol. The summed E-state index contributed by atoms with van der Waals surface area (Å²) in [7, 11) is 4.91. The van der Waals surface area contributed by atoms with Gasteiger partial charge in [-0.15, -0.1) is 0 Å². The standard InChI is InChI=1S/C17H18FN5O2/c1-22-10-21-13-9-19-16(7-15(13)22)23(2)14-5-4-11(6-12(14)18)8-20-17(24)25-3/h4-7,9-10H,8H2,1-3H3,(H,20,24). The van der Waals surface area contributed by atoms with Gasteiger partial charge in [0.15, 0.2) is 0 Å². The van der Waals surface area contributed by atoms with Crippen molar-refractivity contribution in [2.24, 2.45) is 7.05 Å². The summed E-state index contributed by atoms with van der Waals surface area (Å²) >= 11 is 0. The van der Waals surface area contributed by atoms with Crippen LogP contribution >= 0.6 is 0 Å². The number of alkyl carbamates (subject to hydrolysis) is 1. The zero-order chi connectivity index (χ0) is 18.0. The van der Waals surface area contributed by atoms with Crippen molar-refractivity contribution < 1.29 is 13.9 Å². The van der Waals surface area contributed by atoms with Crippen molar-refractivity contribution in [2.45, 2.75) is 6.54 Å². The molecule has 0 aliphatic heterocycles. The Labute approximate surface area is 144 Å². The van der Waals surface area contributed by atoms with Crippen molar-refractivity contribution in [1.29, 1.82) is 0 Å². The molecule has 0 aliphatic carbocycles. The fourth-order valence-electron chi connectivity index (χ4n) is 2.51. The van der Waals surface area contributed by atoms with Crippen molar-refractivity contribution in [3.05, 3.63) is 48.2 Å². The third-order valence-electron chi connectivity index (χ3n) is 3.94. The zero-order valence-corrected chi connectivity index (χ0v) is 14.2. The lowest BCUT2D eigenvalue weighted by Gasteiger charge is -2.19. The highest BCUT2D eigenvalue weighted by molar-refractivity contribution is 5.78. The molecule has 0 bridgehead atoms. The van der Waals surface area contributed by atoms with E-state index < -0.39 is 11.9 Å². The van der Waals surface area contributed by atoms with Gasteiger partial charge in [-0.3, -0.25) is 0 Å². The third kappa shape index (κ3) is 3.37. The van der Waals surface area contributed by atoms with Crippen molar-refractivity contribution in [3.8, 4) is 0 Å². The number of hydrogen-bond acceptors (Lipinski definition) is 5. The molecule has 130 valence electrons. The van der Waals surface area contributed by atoms with Gasteiger partial charge in [0.25, 0.3) is 0 Å². The van der Waals surface area contributed by atoms with Gasteiger partial charge in [-0.25, -0.2) is 19.2 Å². The topological polar surface area (TPSA) is 72.3 Å². The van der Waals surface area contributed by atoms with E-state index in [0.717, 1.165) is 11.0 Å². The van der Waals surface area contributed by atoms with Crippen LogP contribution in [-0.2, 0) is 18.3 Å². The molecule has 0 unspecified atom stereocenters. The van der Waals surface area contributed by atoms with Gasteiger partial charge in [-0.2, -0.15) is 0 Å². The second kappa shape index (κ2) is 6.76. The molecule has 1 N–H and O–H groups in total. The molecule has 0 fully saturated rings. The quantitative estimate of drug-likeness (QED) is 0.789. The van der Waals surface area contributed by atoms with Gasteiger partial charge in [0, 0.05) is 26.7 Å². The van der Waals surface area contributed by atoms with Gasteiger partial charge >= 0.3 is 6.09 Å². The van der Waals surface area contributed by atoms with Crippen LogP contribution in [0.1, 0.15) is 5.56 Å². The van der Waals surface area contributed by atoms with E-state index >= 15 is 0 Å². The summed E-state index contributed by atoms with van der Waals surface area (Å²) < 4.78 is 20.9. The molecule has 3 rings (SSSR count). The number of methoxy groups -OCH3 is 1. The molecule has 8 heteroatoms. The molecule has 2 heterocycles. The highest BCUT2D eigenvalue weighted by Gasteiger charge is 2.13. The Morgan fingerprint density at radius 3 is 2.88 bits per heavy atom. The summed E-state index contributed by atoms with van der Waals surface area (Å²) in [5.74, 6) is 0.203. The van der Waals surface area contributed by atoms with Gasteiger partial charge < -0.3 is 19.5 Å². The van der Waals surface area contributed by atoms with Crippen LogP contribution in [0.15, 0.2) is 36.8 Å². The summed E-state index contributed by atoms with van der Waals surface area (Å²) in [5, 5.41) is 2.52. The summed E-state index contributed by atoms with van der Waals surface area (Å²) in [4.78, 5) is 21.3. The number of aromatic nitrogens is 3. The van der Waals surface area contributed by atoms with E-state index in [0.29, 0.717) is 17.1 Å². The van der Waals surface area contributed by atoms with Crippen molar-refractivity contribution >= 4 is 28.6 Å². The Bertz CT molecular complexity index is 925. The van der Waals surface area contributed by atoms with E-state index in [1.54, 1.807) is 36.6 Å². The Hall–Kier alpha value is -3.16. The molecule has 7 nitrogen and oxygen atoms in total. The Morgan fingerprint density at radius 2 is 2.16 bits per heavy atom. The maximum atomic E-state index is 14.5. The maximum Gasteiger partial charge on any atom is 0.407 e. The minimum Gasteiger partial charge on any atom is -0.453 e. The van der Waals surface area contributed by atoms with Crippen LogP contribution in [0.4, 0.5) is 20.7 Å². The fraction of sp³-hybridized carbons (Fsp3) is 0.235. The molecule has 0 saturated carbocycles. The fourth-order valence-corrected chi connectivity index (χ4v) is 2.51. The number of rotatable bonds is 4. The number of halogens is 1. The normalized spacial score (nSPS) is 10.7. The molecule has 0 radical (unpaired) electrons. The van der Waals surface area contributed by atoms with E-state index in [1.165, 1.54) is 13.2 Å². The first-order valence-electron chi connectivity index (χ1n) is 7.60. The number of amides is 1. The van der Waals surface area contributed by atoms with E-state index in [4.69, 9.17) is 0 Å². The Kier molecular flexibility index (Phi) is 4.51. The monoisotopic (exact) mass is 343 g/mol. The average Bonchev–Trinajstić information content (AvgIpc) is 2.99. The SMILES string of the molecule is COC(=O)NCc1ccc(N(C)c2cc3c(cn2)ncn3C)c(F)c1. The molecule has 25 heavy (non-hydrogen) atoms. The smallest absolute Gasteiger partial charge is 0.407 e. The number of benzene rings is 1. The van der Waals surface area contributed by atoms with Crippen LogP contribution in [0.3, 0.4) is 0 Å². The number of ether oxygens (including phenoxy) is 1. The Morgan fingerprint density at radius 1 is 1.36 bits per heavy atom. The second-order valence-corrected chi connectivity index (χ2v) is 5.58. The lowest BCUT2D eigenvalue weighted by Crippen LogP contribution is -2.22. The minimum absolute atomic E-state index is 0.187. The first-order valence-corrected chi connectivity index (χ1v) is 7.60. The number of anilines is 2. The molecular formula is C17H18FN5O2. The van der Waals surface area contributed by atoms with Crippen molar-refractivity contribution in [3.63, 3.8) is 0 Å². The summed E-state index contributed by atoms with van der Waals surface area (Å²) in [6.45, 7) is 0.187. The first-order chi connectivity index (χ1) is 12.0. The molecule has 1 aromatic carbocycles. The van der Waals surface area contributed by atoms with Gasteiger partial charge in [-0.05, 0) is 17.7 Å². The predicted molar refractivity (Wildman–Crippen MR) is 92.2 cm³/mol. The number of carbonyl (C=O) groups excluding carboxylic acids is 1. The van der Waals surface area contributed by atoms with Gasteiger partial charge in [0.1, 0.15) is 17.2 Å². The molecule has 0 saturated heterocycles. The third-order valence-corrected chi connectivity index (χ3v) is 3.94. The van der Waals surface area contributed by atoms with E-state index in [1.807, 2.05) is 17.7 Å². The molecule has 0 atom stereocenters. The van der Waals surface area contributed by atoms with Crippen LogP contribution in [-0.4, -0.2) is 34.8 Å². The maximum absolute atomic E-state index is 14.5. The summed E-state index contributed by atoms with van der Waals surface area (Å²) in [6, 6.07) is 6.63. The summed E-state index contributed by atoms with van der Waals surface area (Å²) in [5.41, 5.74) is 2.71. The first kappa shape index (κ1) is 16.7. The Balaban J connectivity index is 1.84. The van der Waals surface area contributed by atoms with Crippen LogP contribution < -0.4 is 10.2 Å². The highest BCUT2D eigenvalue weighted by Crippen LogP contribution is 2.27. The predicted octanol–water partition coefficient (Wildman–Crippen LogP) is 2.73. The largest absolute Gasteiger partial charge is 0.453 e. The second-order valence-electron chi connectivity index (χ2n) is 5.58.